The van der Waals surface area contributed by atoms with Gasteiger partial charge >= 0.3 is 12.0 Å². The van der Waals surface area contributed by atoms with Gasteiger partial charge in [0.2, 0.25) is 0 Å². The Hall–Kier alpha value is -4.37. The van der Waals surface area contributed by atoms with E-state index in [9.17, 15) is 24.3 Å². The number of barbiturate groups is 1. The first-order valence-corrected chi connectivity index (χ1v) is 11.4. The van der Waals surface area contributed by atoms with E-state index in [4.69, 9.17) is 16.3 Å². The van der Waals surface area contributed by atoms with Crippen LogP contribution in [0.4, 0.5) is 10.5 Å². The number of carbonyl (C=O) groups is 4. The van der Waals surface area contributed by atoms with E-state index in [1.165, 1.54) is 18.2 Å². The summed E-state index contributed by atoms with van der Waals surface area (Å²) < 4.78 is 7.24. The Morgan fingerprint density at radius 1 is 1.08 bits per heavy atom. The largest absolute Gasteiger partial charge is 0.494 e. The normalized spacial score (nSPS) is 14.8. The molecule has 3 aromatic rings. The number of benzene rings is 2. The molecule has 2 aromatic carbocycles. The number of hydrogen-bond donors (Lipinski definition) is 2. The van der Waals surface area contributed by atoms with Crippen molar-refractivity contribution in [1.82, 2.24) is 9.88 Å². The lowest BCUT2D eigenvalue weighted by Gasteiger charge is -2.26. The van der Waals surface area contributed by atoms with Crippen LogP contribution < -0.4 is 15.0 Å². The molecule has 2 N–H and O–H groups in total. The fraction of sp³-hybridized carbons (Fsp3) is 0.154. The number of aromatic carboxylic acids is 1. The number of urea groups is 1. The third kappa shape index (κ3) is 4.48. The van der Waals surface area contributed by atoms with Crippen molar-refractivity contribution in [2.24, 2.45) is 0 Å². The first kappa shape index (κ1) is 24.7. The van der Waals surface area contributed by atoms with Crippen molar-refractivity contribution in [2.45, 2.75) is 20.8 Å². The molecule has 0 saturated carbocycles. The van der Waals surface area contributed by atoms with E-state index in [1.54, 1.807) is 47.9 Å². The lowest BCUT2D eigenvalue weighted by atomic mass is 10.1. The molecule has 0 aliphatic carbocycles. The van der Waals surface area contributed by atoms with Gasteiger partial charge in [-0.05, 0) is 68.8 Å². The van der Waals surface area contributed by atoms with Crippen LogP contribution in [0.1, 0.15) is 34.2 Å². The summed E-state index contributed by atoms with van der Waals surface area (Å²) in [5.41, 5.74) is 2.48. The van der Waals surface area contributed by atoms with Crippen LogP contribution in [0.15, 0.2) is 54.1 Å². The number of nitrogens with zero attached hydrogens (tertiary/aromatic N) is 2. The third-order valence-electron chi connectivity index (χ3n) is 5.70. The highest BCUT2D eigenvalue weighted by molar-refractivity contribution is 6.39. The van der Waals surface area contributed by atoms with Crippen LogP contribution in [0.25, 0.3) is 11.8 Å². The minimum Gasteiger partial charge on any atom is -0.494 e. The zero-order valence-corrected chi connectivity index (χ0v) is 20.4. The van der Waals surface area contributed by atoms with Crippen LogP contribution in [-0.2, 0) is 9.59 Å². The number of carboxylic acids is 1. The van der Waals surface area contributed by atoms with Crippen LogP contribution >= 0.6 is 11.6 Å². The first-order chi connectivity index (χ1) is 17.1. The average molecular weight is 508 g/mol. The summed E-state index contributed by atoms with van der Waals surface area (Å²) in [5.74, 6) is -2.27. The molecular formula is C26H22ClN3O6. The third-order valence-corrected chi connectivity index (χ3v) is 6.03. The van der Waals surface area contributed by atoms with Gasteiger partial charge in [0.15, 0.2) is 0 Å². The van der Waals surface area contributed by atoms with Crippen molar-refractivity contribution in [3.63, 3.8) is 0 Å². The number of imide groups is 2. The molecule has 0 unspecified atom stereocenters. The van der Waals surface area contributed by atoms with Gasteiger partial charge in [0.05, 0.1) is 22.9 Å². The molecule has 1 fully saturated rings. The minimum atomic E-state index is -1.16. The predicted octanol–water partition coefficient (Wildman–Crippen LogP) is 4.51. The molecule has 36 heavy (non-hydrogen) atoms. The molecule has 4 rings (SSSR count). The van der Waals surface area contributed by atoms with E-state index in [0.29, 0.717) is 29.3 Å². The molecule has 0 radical (unpaired) electrons. The zero-order valence-electron chi connectivity index (χ0n) is 19.7. The topological polar surface area (TPSA) is 118 Å². The summed E-state index contributed by atoms with van der Waals surface area (Å²) in [6.45, 7) is 5.80. The molecule has 4 amide bonds. The second-order valence-electron chi connectivity index (χ2n) is 8.02. The molecule has 0 atom stereocenters. The average Bonchev–Trinajstić information content (AvgIpc) is 3.10. The van der Waals surface area contributed by atoms with Gasteiger partial charge in [-0.2, -0.15) is 0 Å². The Bertz CT molecular complexity index is 1460. The number of halogens is 1. The minimum absolute atomic E-state index is 0.0492. The number of hydrogen-bond acceptors (Lipinski definition) is 5. The Morgan fingerprint density at radius 3 is 2.53 bits per heavy atom. The van der Waals surface area contributed by atoms with Crippen molar-refractivity contribution in [3.05, 3.63) is 81.6 Å². The lowest BCUT2D eigenvalue weighted by Crippen LogP contribution is -2.54. The number of rotatable bonds is 6. The highest BCUT2D eigenvalue weighted by atomic mass is 35.5. The van der Waals surface area contributed by atoms with E-state index >= 15 is 0 Å². The quantitative estimate of drug-likeness (QED) is 0.374. The van der Waals surface area contributed by atoms with Crippen molar-refractivity contribution in [2.75, 3.05) is 11.5 Å². The number of carbonyl (C=O) groups excluding carboxylic acids is 3. The zero-order chi connectivity index (χ0) is 26.1. The molecule has 1 aromatic heterocycles. The number of nitrogens with one attached hydrogen (secondary N) is 1. The Labute approximate surface area is 211 Å². The van der Waals surface area contributed by atoms with Gasteiger partial charge in [-0.15, -0.1) is 0 Å². The predicted molar refractivity (Wildman–Crippen MR) is 134 cm³/mol. The number of anilines is 1. The Balaban J connectivity index is 1.75. The molecule has 0 bridgehead atoms. The summed E-state index contributed by atoms with van der Waals surface area (Å²) in [6, 6.07) is 12.0. The van der Waals surface area contributed by atoms with Crippen LogP contribution in [0.3, 0.4) is 0 Å². The van der Waals surface area contributed by atoms with Crippen LogP contribution in [0.2, 0.25) is 5.02 Å². The van der Waals surface area contributed by atoms with E-state index in [-0.39, 0.29) is 21.8 Å². The van der Waals surface area contributed by atoms with Crippen molar-refractivity contribution in [1.29, 1.82) is 0 Å². The maximum atomic E-state index is 13.3. The van der Waals surface area contributed by atoms with Crippen molar-refractivity contribution in [3.8, 4) is 11.4 Å². The standard InChI is InChI=1S/C26H22ClN3O6/c1-4-36-19-7-5-6-17(12-19)30-24(32)21(23(31)28-26(30)35)11-16-10-14(2)29(15(16)3)18-8-9-22(27)20(13-18)25(33)34/h5-13H,4H2,1-3H3,(H,33,34)(H,28,31,35)/b21-11+. The maximum Gasteiger partial charge on any atom is 0.337 e. The van der Waals surface area contributed by atoms with E-state index in [2.05, 4.69) is 5.32 Å². The lowest BCUT2D eigenvalue weighted by molar-refractivity contribution is -0.122. The maximum absolute atomic E-state index is 13.3. The molecule has 10 heteroatoms. The molecule has 1 aliphatic heterocycles. The first-order valence-electron chi connectivity index (χ1n) is 11.0. The summed E-state index contributed by atoms with van der Waals surface area (Å²) in [4.78, 5) is 50.9. The van der Waals surface area contributed by atoms with E-state index < -0.39 is 23.8 Å². The van der Waals surface area contributed by atoms with Crippen LogP contribution in [0.5, 0.6) is 5.75 Å². The SMILES string of the molecule is CCOc1cccc(N2C(=O)NC(=O)/C(=C\c3cc(C)n(-c4ccc(Cl)c(C(=O)O)c4)c3C)C2=O)c1. The Kier molecular flexibility index (Phi) is 6.67. The number of aromatic nitrogens is 1. The molecule has 1 saturated heterocycles. The molecule has 1 aliphatic rings. The van der Waals surface area contributed by atoms with E-state index in [1.807, 2.05) is 13.8 Å². The summed E-state index contributed by atoms with van der Waals surface area (Å²) in [6.07, 6.45) is 1.41. The molecule has 2 heterocycles. The summed E-state index contributed by atoms with van der Waals surface area (Å²) >= 11 is 6.01. The van der Waals surface area contributed by atoms with Crippen LogP contribution in [0, 0.1) is 13.8 Å². The number of amides is 4. The van der Waals surface area contributed by atoms with Crippen LogP contribution in [-0.4, -0.2) is 40.1 Å². The van der Waals surface area contributed by atoms with E-state index in [0.717, 1.165) is 10.6 Å². The molecule has 9 nitrogen and oxygen atoms in total. The van der Waals surface area contributed by atoms with Gasteiger partial charge in [0.25, 0.3) is 11.8 Å². The van der Waals surface area contributed by atoms with Gasteiger partial charge in [-0.1, -0.05) is 17.7 Å². The van der Waals surface area contributed by atoms with Crippen molar-refractivity contribution >= 4 is 47.2 Å². The smallest absolute Gasteiger partial charge is 0.337 e. The second-order valence-corrected chi connectivity index (χ2v) is 8.43. The Morgan fingerprint density at radius 2 is 1.83 bits per heavy atom. The van der Waals surface area contributed by atoms with Gasteiger partial charge < -0.3 is 14.4 Å². The van der Waals surface area contributed by atoms with Gasteiger partial charge in [0.1, 0.15) is 11.3 Å². The number of carboxylic acid groups (broad SMARTS) is 1. The van der Waals surface area contributed by atoms with Gasteiger partial charge in [-0.3, -0.25) is 14.9 Å². The summed E-state index contributed by atoms with van der Waals surface area (Å²) in [7, 11) is 0. The fourth-order valence-corrected chi connectivity index (χ4v) is 4.27. The summed E-state index contributed by atoms with van der Waals surface area (Å²) in [5, 5.41) is 11.7. The number of aryl methyl sites for hydroxylation is 1. The highest BCUT2D eigenvalue weighted by Gasteiger charge is 2.37. The highest BCUT2D eigenvalue weighted by Crippen LogP contribution is 2.29. The van der Waals surface area contributed by atoms with Gasteiger partial charge in [-0.25, -0.2) is 14.5 Å². The van der Waals surface area contributed by atoms with Crippen molar-refractivity contribution < 1.29 is 29.0 Å². The number of ether oxygens (including phenoxy) is 1. The second kappa shape index (κ2) is 9.71. The fourth-order valence-electron chi connectivity index (χ4n) is 4.07. The van der Waals surface area contributed by atoms with Gasteiger partial charge in [0, 0.05) is 23.1 Å². The molecule has 0 spiro atoms. The molecule has 184 valence electrons. The molecular weight excluding hydrogens is 486 g/mol. The monoisotopic (exact) mass is 507 g/mol.